The third-order valence-electron chi connectivity index (χ3n) is 5.79. The number of benzene rings is 2. The first-order valence-electron chi connectivity index (χ1n) is 10.1. The lowest BCUT2D eigenvalue weighted by atomic mass is 10.1. The van der Waals surface area contributed by atoms with Gasteiger partial charge in [-0.15, -0.1) is 0 Å². The zero-order valence-corrected chi connectivity index (χ0v) is 16.2. The molecule has 2 aromatic rings. The molecule has 2 aliphatic heterocycles. The molecule has 1 atom stereocenters. The topological polar surface area (TPSA) is 43.9 Å². The monoisotopic (exact) mass is 377 g/mol. The van der Waals surface area contributed by atoms with Crippen molar-refractivity contribution in [2.24, 2.45) is 5.92 Å². The van der Waals surface area contributed by atoms with Crippen molar-refractivity contribution < 1.29 is 9.59 Å². The van der Waals surface area contributed by atoms with Gasteiger partial charge >= 0.3 is 0 Å². The van der Waals surface area contributed by atoms with Crippen LogP contribution in [-0.2, 0) is 16.0 Å². The number of rotatable bonds is 5. The summed E-state index contributed by atoms with van der Waals surface area (Å²) in [6, 6.07) is 20.5. The van der Waals surface area contributed by atoms with E-state index < -0.39 is 0 Å². The first-order valence-corrected chi connectivity index (χ1v) is 10.1. The molecule has 0 aromatic heterocycles. The molecule has 1 unspecified atom stereocenters. The number of carbonyl (C=O) groups excluding carboxylic acids is 2. The zero-order chi connectivity index (χ0) is 19.3. The highest BCUT2D eigenvalue weighted by Gasteiger charge is 2.37. The molecular formula is C23H27N3O2. The lowest BCUT2D eigenvalue weighted by molar-refractivity contribution is -0.136. The largest absolute Gasteiger partial charge is 0.368 e. The molecule has 0 aliphatic carbocycles. The van der Waals surface area contributed by atoms with Gasteiger partial charge in [0.15, 0.2) is 0 Å². The van der Waals surface area contributed by atoms with Gasteiger partial charge in [0.2, 0.25) is 11.8 Å². The molecule has 0 bridgehead atoms. The Balaban J connectivity index is 1.28. The van der Waals surface area contributed by atoms with Crippen molar-refractivity contribution in [1.82, 2.24) is 9.80 Å². The molecule has 2 fully saturated rings. The van der Waals surface area contributed by atoms with Gasteiger partial charge in [-0.3, -0.25) is 9.59 Å². The van der Waals surface area contributed by atoms with Gasteiger partial charge in [-0.2, -0.15) is 0 Å². The minimum Gasteiger partial charge on any atom is -0.368 e. The Morgan fingerprint density at radius 3 is 2.21 bits per heavy atom. The summed E-state index contributed by atoms with van der Waals surface area (Å²) in [5.41, 5.74) is 2.43. The van der Waals surface area contributed by atoms with Crippen molar-refractivity contribution in [3.63, 3.8) is 0 Å². The molecule has 146 valence electrons. The van der Waals surface area contributed by atoms with Crippen LogP contribution in [0.15, 0.2) is 60.7 Å². The maximum atomic E-state index is 12.9. The third kappa shape index (κ3) is 4.19. The molecule has 0 radical (unpaired) electrons. The van der Waals surface area contributed by atoms with Crippen LogP contribution in [0.3, 0.4) is 0 Å². The highest BCUT2D eigenvalue weighted by atomic mass is 16.2. The van der Waals surface area contributed by atoms with Crippen LogP contribution in [-0.4, -0.2) is 60.9 Å². The second kappa shape index (κ2) is 8.46. The lowest BCUT2D eigenvalue weighted by Crippen LogP contribution is -2.50. The van der Waals surface area contributed by atoms with Gasteiger partial charge in [0.25, 0.3) is 0 Å². The molecule has 2 aliphatic rings. The average molecular weight is 377 g/mol. The molecule has 5 heteroatoms. The number of para-hydroxylation sites is 1. The van der Waals surface area contributed by atoms with E-state index in [2.05, 4.69) is 29.2 Å². The maximum Gasteiger partial charge on any atom is 0.228 e. The number of anilines is 1. The fraction of sp³-hybridized carbons (Fsp3) is 0.391. The van der Waals surface area contributed by atoms with Gasteiger partial charge < -0.3 is 14.7 Å². The fourth-order valence-corrected chi connectivity index (χ4v) is 4.14. The van der Waals surface area contributed by atoms with Crippen molar-refractivity contribution in [2.75, 3.05) is 44.2 Å². The minimum atomic E-state index is -0.188. The van der Waals surface area contributed by atoms with Crippen molar-refractivity contribution >= 4 is 17.5 Å². The van der Waals surface area contributed by atoms with Gasteiger partial charge in [0.05, 0.1) is 5.92 Å². The fourth-order valence-electron chi connectivity index (χ4n) is 4.14. The van der Waals surface area contributed by atoms with Crippen LogP contribution in [0.2, 0.25) is 0 Å². The maximum absolute atomic E-state index is 12.9. The van der Waals surface area contributed by atoms with Crippen LogP contribution in [0.4, 0.5) is 5.69 Å². The molecule has 2 aromatic carbocycles. The summed E-state index contributed by atoms with van der Waals surface area (Å²) in [6.07, 6.45) is 1.19. The summed E-state index contributed by atoms with van der Waals surface area (Å²) in [5.74, 6) is 0.0621. The van der Waals surface area contributed by atoms with E-state index in [1.54, 1.807) is 0 Å². The van der Waals surface area contributed by atoms with E-state index >= 15 is 0 Å². The summed E-state index contributed by atoms with van der Waals surface area (Å²) in [4.78, 5) is 31.4. The van der Waals surface area contributed by atoms with Gasteiger partial charge in [0, 0.05) is 51.4 Å². The molecule has 0 spiro atoms. The van der Waals surface area contributed by atoms with Crippen LogP contribution in [0, 0.1) is 5.92 Å². The molecule has 5 nitrogen and oxygen atoms in total. The van der Waals surface area contributed by atoms with Crippen LogP contribution < -0.4 is 4.90 Å². The first kappa shape index (κ1) is 18.5. The zero-order valence-electron chi connectivity index (χ0n) is 16.2. The van der Waals surface area contributed by atoms with Crippen LogP contribution in [0.25, 0.3) is 0 Å². The number of carbonyl (C=O) groups is 2. The Morgan fingerprint density at radius 2 is 1.54 bits per heavy atom. The molecular weight excluding hydrogens is 350 g/mol. The summed E-state index contributed by atoms with van der Waals surface area (Å²) >= 11 is 0. The van der Waals surface area contributed by atoms with Gasteiger partial charge in [-0.1, -0.05) is 48.5 Å². The molecule has 2 heterocycles. The molecule has 2 saturated heterocycles. The molecule has 0 N–H and O–H groups in total. The first-order chi connectivity index (χ1) is 13.7. The predicted octanol–water partition coefficient (Wildman–Crippen LogP) is 2.43. The normalized spacial score (nSPS) is 19.9. The average Bonchev–Trinajstić information content (AvgIpc) is 3.14. The number of hydrogen-bond donors (Lipinski definition) is 0. The second-order valence-electron chi connectivity index (χ2n) is 7.62. The van der Waals surface area contributed by atoms with Gasteiger partial charge in [-0.05, 0) is 24.1 Å². The van der Waals surface area contributed by atoms with E-state index in [0.717, 1.165) is 32.6 Å². The molecule has 0 saturated carbocycles. The quantitative estimate of drug-likeness (QED) is 0.804. The molecule has 28 heavy (non-hydrogen) atoms. The third-order valence-corrected chi connectivity index (χ3v) is 5.79. The van der Waals surface area contributed by atoms with Crippen LogP contribution >= 0.6 is 0 Å². The van der Waals surface area contributed by atoms with Crippen LogP contribution in [0.5, 0.6) is 0 Å². The van der Waals surface area contributed by atoms with E-state index in [-0.39, 0.29) is 17.7 Å². The van der Waals surface area contributed by atoms with E-state index in [1.165, 1.54) is 11.3 Å². The Kier molecular flexibility index (Phi) is 5.60. The second-order valence-corrected chi connectivity index (χ2v) is 7.62. The van der Waals surface area contributed by atoms with Gasteiger partial charge in [-0.25, -0.2) is 0 Å². The number of piperazine rings is 1. The van der Waals surface area contributed by atoms with Crippen molar-refractivity contribution in [3.8, 4) is 0 Å². The number of likely N-dealkylation sites (tertiary alicyclic amines) is 1. The summed E-state index contributed by atoms with van der Waals surface area (Å²) < 4.78 is 0. The number of nitrogens with zero attached hydrogens (tertiary/aromatic N) is 3. The summed E-state index contributed by atoms with van der Waals surface area (Å²) in [7, 11) is 0. The summed E-state index contributed by atoms with van der Waals surface area (Å²) in [6.45, 7) is 4.38. The lowest BCUT2D eigenvalue weighted by Gasteiger charge is -2.37. The van der Waals surface area contributed by atoms with E-state index in [0.29, 0.717) is 19.5 Å². The Hall–Kier alpha value is -2.82. The Morgan fingerprint density at radius 1 is 0.893 bits per heavy atom. The number of amides is 2. The SMILES string of the molecule is O=C1CC(C(=O)N2CCN(c3ccccc3)CC2)CN1CCc1ccccc1. The summed E-state index contributed by atoms with van der Waals surface area (Å²) in [5, 5.41) is 0. The predicted molar refractivity (Wildman–Crippen MR) is 110 cm³/mol. The van der Waals surface area contributed by atoms with Gasteiger partial charge in [0.1, 0.15) is 0 Å². The van der Waals surface area contributed by atoms with E-state index in [9.17, 15) is 9.59 Å². The van der Waals surface area contributed by atoms with Crippen LogP contribution in [0.1, 0.15) is 12.0 Å². The van der Waals surface area contributed by atoms with Crippen molar-refractivity contribution in [3.05, 3.63) is 66.2 Å². The van der Waals surface area contributed by atoms with E-state index in [1.807, 2.05) is 46.2 Å². The Labute approximate surface area is 166 Å². The van der Waals surface area contributed by atoms with Crippen molar-refractivity contribution in [2.45, 2.75) is 12.8 Å². The molecule has 4 rings (SSSR count). The minimum absolute atomic E-state index is 0.109. The van der Waals surface area contributed by atoms with Crippen molar-refractivity contribution in [1.29, 1.82) is 0 Å². The highest BCUT2D eigenvalue weighted by Crippen LogP contribution is 2.22. The smallest absolute Gasteiger partial charge is 0.228 e. The standard InChI is InChI=1S/C23H27N3O2/c27-22-17-20(18-26(22)12-11-19-7-3-1-4-8-19)23(28)25-15-13-24(14-16-25)21-9-5-2-6-10-21/h1-10,20H,11-18H2. The van der Waals surface area contributed by atoms with E-state index in [4.69, 9.17) is 0 Å². The molecule has 2 amide bonds. The highest BCUT2D eigenvalue weighted by molar-refractivity contribution is 5.89. The number of hydrogen-bond acceptors (Lipinski definition) is 3. The Bertz CT molecular complexity index is 801.